The zero-order valence-corrected chi connectivity index (χ0v) is 18.0. The molecule has 0 unspecified atom stereocenters. The summed E-state index contributed by atoms with van der Waals surface area (Å²) in [4.78, 5) is 26.9. The van der Waals surface area contributed by atoms with E-state index >= 15 is 0 Å². The predicted octanol–water partition coefficient (Wildman–Crippen LogP) is 1.83. The van der Waals surface area contributed by atoms with Gasteiger partial charge in [0.05, 0.1) is 10.3 Å². The number of pyridine rings is 1. The number of aromatic nitrogens is 1. The van der Waals surface area contributed by atoms with Gasteiger partial charge in [-0.2, -0.15) is 0 Å². The second-order valence-electron chi connectivity index (χ2n) is 5.21. The number of thiophene rings is 1. The molecule has 0 radical (unpaired) electrons. The van der Waals surface area contributed by atoms with Gasteiger partial charge in [-0.05, 0) is 41.2 Å². The number of halogens is 1. The Labute approximate surface area is 169 Å². The van der Waals surface area contributed by atoms with Crippen molar-refractivity contribution >= 4 is 55.5 Å². The van der Waals surface area contributed by atoms with Gasteiger partial charge in [-0.3, -0.25) is 4.79 Å². The van der Waals surface area contributed by atoms with E-state index in [0.717, 1.165) is 27.3 Å². The van der Waals surface area contributed by atoms with Crippen LogP contribution in [0.25, 0.3) is 0 Å². The first-order valence-corrected chi connectivity index (χ1v) is 10.5. The highest BCUT2D eigenvalue weighted by Gasteiger charge is 2.18. The number of carboxylic acids is 1. The third-order valence-corrected chi connectivity index (χ3v) is 5.95. The first-order valence-electron chi connectivity index (χ1n) is 7.37. The van der Waals surface area contributed by atoms with Crippen molar-refractivity contribution in [1.82, 2.24) is 14.6 Å². The number of carboxylic acid groups (broad SMARTS) is 1. The van der Waals surface area contributed by atoms with E-state index in [2.05, 4.69) is 31.0 Å². The fraction of sp³-hybridized carbons (Fsp3) is 0.267. The lowest BCUT2D eigenvalue weighted by molar-refractivity contribution is -0.115. The van der Waals surface area contributed by atoms with E-state index in [4.69, 9.17) is 0 Å². The van der Waals surface area contributed by atoms with E-state index in [1.807, 2.05) is 12.1 Å². The molecule has 2 aromatic rings. The second kappa shape index (κ2) is 10.3. The number of carbonyl (C=O) groups is 2. The van der Waals surface area contributed by atoms with Crippen LogP contribution in [0.5, 0.6) is 0 Å². The number of hydrogen-bond donors (Lipinski definition) is 3. The number of rotatable bonds is 7. The number of anilines is 1. The molecule has 0 saturated carbocycles. The summed E-state index contributed by atoms with van der Waals surface area (Å²) in [5.74, 6) is -1.14. The van der Waals surface area contributed by atoms with E-state index in [-0.39, 0.29) is 16.3 Å². The number of nitrogens with zero attached hydrogens (tertiary/aromatic N) is 2. The number of amides is 1. The van der Waals surface area contributed by atoms with Crippen LogP contribution >= 0.6 is 27.3 Å². The fourth-order valence-corrected chi connectivity index (χ4v) is 3.75. The molecule has 27 heavy (non-hydrogen) atoms. The minimum Gasteiger partial charge on any atom is -0.478 e. The summed E-state index contributed by atoms with van der Waals surface area (Å²) < 4.78 is 26.5. The summed E-state index contributed by atoms with van der Waals surface area (Å²) in [6.45, 7) is 0.391. The van der Waals surface area contributed by atoms with Crippen LogP contribution in [0.3, 0.4) is 0 Å². The van der Waals surface area contributed by atoms with Gasteiger partial charge in [0.1, 0.15) is 16.3 Å². The molecule has 0 atom stereocenters. The second-order valence-corrected chi connectivity index (χ2v) is 9.64. The predicted molar refractivity (Wildman–Crippen MR) is 107 cm³/mol. The van der Waals surface area contributed by atoms with Crippen molar-refractivity contribution in [2.45, 2.75) is 11.4 Å². The molecule has 1 amide bonds. The molecular formula is C15H19BrN4O5S2. The van der Waals surface area contributed by atoms with Crippen molar-refractivity contribution in [2.24, 2.45) is 0 Å². The van der Waals surface area contributed by atoms with Crippen LogP contribution in [0.15, 0.2) is 33.1 Å². The molecule has 0 aliphatic rings. The van der Waals surface area contributed by atoms with Crippen molar-refractivity contribution in [1.29, 1.82) is 0 Å². The first kappa shape index (κ1) is 23.0. The summed E-state index contributed by atoms with van der Waals surface area (Å²) in [6, 6.07) is 4.85. The van der Waals surface area contributed by atoms with Crippen molar-refractivity contribution in [3.63, 3.8) is 0 Å². The zero-order valence-electron chi connectivity index (χ0n) is 14.8. The molecule has 12 heteroatoms. The highest BCUT2D eigenvalue weighted by atomic mass is 79.9. The Kier molecular flexibility index (Phi) is 8.82. The van der Waals surface area contributed by atoms with Gasteiger partial charge in [-0.1, -0.05) is 0 Å². The summed E-state index contributed by atoms with van der Waals surface area (Å²) in [7, 11) is 0.879. The molecule has 148 valence electrons. The van der Waals surface area contributed by atoms with E-state index in [9.17, 15) is 23.1 Å². The van der Waals surface area contributed by atoms with Gasteiger partial charge in [-0.25, -0.2) is 22.9 Å². The highest BCUT2D eigenvalue weighted by molar-refractivity contribution is 9.11. The third-order valence-electron chi connectivity index (χ3n) is 2.94. The number of hydrogen-bond acceptors (Lipinski definition) is 7. The van der Waals surface area contributed by atoms with Crippen LogP contribution in [0.1, 0.15) is 15.2 Å². The standard InChI is InChI=1S/C12H12BrN3O4S2.C3H7NO/c1-14-22(19,20)8-4-9(12(17)18)11(16-6-8)15-5-7-2-3-10(13)21-7;1-4(2)3-5/h2-4,6,14H,5H2,1H3,(H,15,16)(H,17,18);3H,1-2H3. The molecule has 9 nitrogen and oxygen atoms in total. The summed E-state index contributed by atoms with van der Waals surface area (Å²) in [5.41, 5.74) is -0.202. The normalized spacial score (nSPS) is 10.5. The van der Waals surface area contributed by atoms with Crippen LogP contribution in [0, 0.1) is 0 Å². The summed E-state index contributed by atoms with van der Waals surface area (Å²) in [5, 5.41) is 12.1. The summed E-state index contributed by atoms with van der Waals surface area (Å²) in [6.07, 6.45) is 1.87. The van der Waals surface area contributed by atoms with Gasteiger partial charge in [-0.15, -0.1) is 11.3 Å². The Morgan fingerprint density at radius 2 is 2.04 bits per heavy atom. The molecule has 0 aliphatic heterocycles. The number of nitrogens with one attached hydrogen (secondary N) is 2. The SMILES string of the molecule is CN(C)C=O.CNS(=O)(=O)c1cnc(NCc2ccc(Br)s2)c(C(=O)O)c1. The molecule has 0 aromatic carbocycles. The molecule has 0 aliphatic carbocycles. The molecular weight excluding hydrogens is 460 g/mol. The van der Waals surface area contributed by atoms with E-state index in [1.54, 1.807) is 14.1 Å². The quantitative estimate of drug-likeness (QED) is 0.517. The molecule has 2 rings (SSSR count). The van der Waals surface area contributed by atoms with Crippen LogP contribution < -0.4 is 10.0 Å². The smallest absolute Gasteiger partial charge is 0.339 e. The molecule has 0 spiro atoms. The number of carbonyl (C=O) groups excluding carboxylic acids is 1. The lowest BCUT2D eigenvalue weighted by atomic mass is 10.2. The maximum absolute atomic E-state index is 11.7. The van der Waals surface area contributed by atoms with Crippen LogP contribution in [-0.2, 0) is 21.4 Å². The third kappa shape index (κ3) is 7.25. The van der Waals surface area contributed by atoms with Crippen molar-refractivity contribution in [3.8, 4) is 0 Å². The number of aromatic carboxylic acids is 1. The Bertz CT molecular complexity index is 899. The maximum Gasteiger partial charge on any atom is 0.339 e. The average molecular weight is 479 g/mol. The molecule has 0 saturated heterocycles. The average Bonchev–Trinajstić information content (AvgIpc) is 3.05. The highest BCUT2D eigenvalue weighted by Crippen LogP contribution is 2.24. The van der Waals surface area contributed by atoms with Gasteiger partial charge in [0.15, 0.2) is 0 Å². The van der Waals surface area contributed by atoms with Gasteiger partial charge in [0.2, 0.25) is 16.4 Å². The molecule has 0 bridgehead atoms. The Balaban J connectivity index is 0.000000646. The Morgan fingerprint density at radius 3 is 2.48 bits per heavy atom. The maximum atomic E-state index is 11.7. The van der Waals surface area contributed by atoms with Crippen LogP contribution in [0.4, 0.5) is 5.82 Å². The Hall–Kier alpha value is -2.02. The zero-order chi connectivity index (χ0) is 20.6. The van der Waals surface area contributed by atoms with Crippen molar-refractivity contribution < 1.29 is 23.1 Å². The minimum absolute atomic E-state index is 0.118. The van der Waals surface area contributed by atoms with Gasteiger partial charge < -0.3 is 15.3 Å². The fourth-order valence-electron chi connectivity index (χ4n) is 1.63. The monoisotopic (exact) mass is 478 g/mol. The molecule has 3 N–H and O–H groups in total. The molecule has 2 heterocycles. The lowest BCUT2D eigenvalue weighted by Crippen LogP contribution is -2.20. The molecule has 0 fully saturated rings. The lowest BCUT2D eigenvalue weighted by Gasteiger charge is -2.09. The van der Waals surface area contributed by atoms with Crippen LogP contribution in [-0.4, -0.2) is 56.9 Å². The Morgan fingerprint density at radius 1 is 1.41 bits per heavy atom. The topological polar surface area (TPSA) is 129 Å². The first-order chi connectivity index (χ1) is 12.6. The van der Waals surface area contributed by atoms with Crippen molar-refractivity contribution in [3.05, 3.63) is 38.6 Å². The largest absolute Gasteiger partial charge is 0.478 e. The van der Waals surface area contributed by atoms with Crippen LogP contribution in [0.2, 0.25) is 0 Å². The number of sulfonamides is 1. The van der Waals surface area contributed by atoms with E-state index < -0.39 is 16.0 Å². The molecule has 2 aromatic heterocycles. The van der Waals surface area contributed by atoms with Gasteiger partial charge in [0.25, 0.3) is 0 Å². The van der Waals surface area contributed by atoms with Crippen molar-refractivity contribution in [2.75, 3.05) is 26.5 Å². The minimum atomic E-state index is -3.74. The van der Waals surface area contributed by atoms with Gasteiger partial charge >= 0.3 is 5.97 Å². The van der Waals surface area contributed by atoms with E-state index in [0.29, 0.717) is 6.54 Å². The van der Waals surface area contributed by atoms with E-state index in [1.165, 1.54) is 23.3 Å². The van der Waals surface area contributed by atoms with Gasteiger partial charge in [0, 0.05) is 25.2 Å². The summed E-state index contributed by atoms with van der Waals surface area (Å²) >= 11 is 4.85.